The lowest BCUT2D eigenvalue weighted by Gasteiger charge is -2.28. The summed E-state index contributed by atoms with van der Waals surface area (Å²) in [7, 11) is 0. The largest absolute Gasteiger partial charge is 0.421 e. The SMILES string of the molecule is CCN(C(=O)c1ccc(F)cc1-c1nnc(C)o1)[C@@H](C)CCc1cnc(C(C)(F)F)cn1. The Labute approximate surface area is 183 Å². The molecule has 2 aromatic heterocycles. The van der Waals surface area contributed by atoms with E-state index in [1.54, 1.807) is 11.8 Å². The van der Waals surface area contributed by atoms with E-state index >= 15 is 0 Å². The molecule has 0 saturated carbocycles. The van der Waals surface area contributed by atoms with Gasteiger partial charge < -0.3 is 9.32 Å². The molecule has 1 atom stereocenters. The van der Waals surface area contributed by atoms with E-state index in [1.165, 1.54) is 24.4 Å². The number of alkyl halides is 2. The number of halogens is 3. The van der Waals surface area contributed by atoms with Gasteiger partial charge in [0, 0.05) is 32.6 Å². The van der Waals surface area contributed by atoms with Crippen molar-refractivity contribution in [2.75, 3.05) is 6.54 Å². The number of aryl methyl sites for hydroxylation is 2. The Morgan fingerprint density at radius 1 is 1.22 bits per heavy atom. The van der Waals surface area contributed by atoms with E-state index in [-0.39, 0.29) is 34.7 Å². The van der Waals surface area contributed by atoms with Crippen LogP contribution in [0.2, 0.25) is 0 Å². The zero-order valence-corrected chi connectivity index (χ0v) is 18.3. The molecule has 7 nitrogen and oxygen atoms in total. The number of aromatic nitrogens is 4. The summed E-state index contributed by atoms with van der Waals surface area (Å²) in [6, 6.07) is 3.60. The summed E-state index contributed by atoms with van der Waals surface area (Å²) in [4.78, 5) is 22.8. The number of hydrogen-bond acceptors (Lipinski definition) is 6. The van der Waals surface area contributed by atoms with E-state index in [2.05, 4.69) is 20.2 Å². The number of amides is 1. The second kappa shape index (κ2) is 9.46. The minimum Gasteiger partial charge on any atom is -0.421 e. The fourth-order valence-corrected chi connectivity index (χ4v) is 3.32. The van der Waals surface area contributed by atoms with E-state index in [9.17, 15) is 18.0 Å². The number of rotatable bonds is 8. The Morgan fingerprint density at radius 3 is 2.53 bits per heavy atom. The third kappa shape index (κ3) is 5.30. The lowest BCUT2D eigenvalue weighted by atomic mass is 10.0. The normalized spacial score (nSPS) is 12.6. The van der Waals surface area contributed by atoms with Gasteiger partial charge in [0.2, 0.25) is 11.8 Å². The lowest BCUT2D eigenvalue weighted by Crippen LogP contribution is -2.39. The van der Waals surface area contributed by atoms with Crippen LogP contribution in [0.3, 0.4) is 0 Å². The summed E-state index contributed by atoms with van der Waals surface area (Å²) in [6.07, 6.45) is 3.38. The summed E-state index contributed by atoms with van der Waals surface area (Å²) in [5.74, 6) is -3.51. The van der Waals surface area contributed by atoms with Crippen LogP contribution in [0.4, 0.5) is 13.2 Å². The molecular formula is C22H24F3N5O2. The molecule has 3 rings (SSSR count). The maximum absolute atomic E-state index is 13.9. The van der Waals surface area contributed by atoms with Crippen LogP contribution in [-0.2, 0) is 12.3 Å². The first-order chi connectivity index (χ1) is 15.1. The monoisotopic (exact) mass is 447 g/mol. The summed E-state index contributed by atoms with van der Waals surface area (Å²) in [6.45, 7) is 6.50. The van der Waals surface area contributed by atoms with Gasteiger partial charge in [-0.05, 0) is 44.9 Å². The van der Waals surface area contributed by atoms with Gasteiger partial charge in [-0.25, -0.2) is 4.39 Å². The quantitative estimate of drug-likeness (QED) is 0.503. The molecule has 0 aliphatic heterocycles. The number of carbonyl (C=O) groups is 1. The first-order valence-electron chi connectivity index (χ1n) is 10.2. The molecule has 2 heterocycles. The third-order valence-electron chi connectivity index (χ3n) is 5.08. The second-order valence-corrected chi connectivity index (χ2v) is 7.58. The molecule has 0 unspecified atom stereocenters. The molecule has 32 heavy (non-hydrogen) atoms. The van der Waals surface area contributed by atoms with Crippen molar-refractivity contribution in [3.63, 3.8) is 0 Å². The standard InChI is InChI=1S/C22H24F3N5O2/c1-5-30(13(2)6-8-16-11-27-19(12-26-16)22(4,24)25)21(31)17-9-7-15(23)10-18(17)20-29-28-14(3)32-20/h7,9-13H,5-6,8H2,1-4H3/t13-/m0/s1. The zero-order valence-electron chi connectivity index (χ0n) is 18.3. The molecule has 3 aromatic rings. The topological polar surface area (TPSA) is 85.0 Å². The van der Waals surface area contributed by atoms with E-state index in [0.717, 1.165) is 13.1 Å². The summed E-state index contributed by atoms with van der Waals surface area (Å²) < 4.78 is 45.9. The highest BCUT2D eigenvalue weighted by Crippen LogP contribution is 2.26. The van der Waals surface area contributed by atoms with Gasteiger partial charge in [-0.1, -0.05) is 0 Å². The highest BCUT2D eigenvalue weighted by atomic mass is 19.3. The van der Waals surface area contributed by atoms with Crippen molar-refractivity contribution >= 4 is 5.91 Å². The predicted molar refractivity (Wildman–Crippen MR) is 111 cm³/mol. The summed E-state index contributed by atoms with van der Waals surface area (Å²) in [5, 5.41) is 7.66. The van der Waals surface area contributed by atoms with Crippen molar-refractivity contribution in [2.24, 2.45) is 0 Å². The molecule has 0 bridgehead atoms. The zero-order chi connectivity index (χ0) is 23.5. The van der Waals surface area contributed by atoms with E-state index in [4.69, 9.17) is 4.42 Å². The number of hydrogen-bond donors (Lipinski definition) is 0. The van der Waals surface area contributed by atoms with E-state index < -0.39 is 11.7 Å². The van der Waals surface area contributed by atoms with Crippen LogP contribution in [0, 0.1) is 12.7 Å². The van der Waals surface area contributed by atoms with E-state index in [0.29, 0.717) is 31.0 Å². The van der Waals surface area contributed by atoms with Crippen LogP contribution in [0.5, 0.6) is 0 Å². The van der Waals surface area contributed by atoms with Crippen LogP contribution in [-0.4, -0.2) is 43.6 Å². The molecule has 0 radical (unpaired) electrons. The minimum absolute atomic E-state index is 0.0668. The van der Waals surface area contributed by atoms with Crippen molar-refractivity contribution in [3.05, 3.63) is 59.3 Å². The molecule has 0 aliphatic rings. The first-order valence-corrected chi connectivity index (χ1v) is 10.2. The van der Waals surface area contributed by atoms with Gasteiger partial charge in [-0.15, -0.1) is 10.2 Å². The summed E-state index contributed by atoms with van der Waals surface area (Å²) in [5.41, 5.74) is 0.637. The van der Waals surface area contributed by atoms with Gasteiger partial charge in [-0.3, -0.25) is 14.8 Å². The van der Waals surface area contributed by atoms with Crippen LogP contribution in [0.1, 0.15) is 54.8 Å². The molecule has 1 aromatic carbocycles. The maximum Gasteiger partial charge on any atom is 0.288 e. The van der Waals surface area contributed by atoms with Crippen molar-refractivity contribution in [1.82, 2.24) is 25.1 Å². The Bertz CT molecular complexity index is 1080. The van der Waals surface area contributed by atoms with Gasteiger partial charge in [0.15, 0.2) is 0 Å². The average molecular weight is 447 g/mol. The number of benzene rings is 1. The fourth-order valence-electron chi connectivity index (χ4n) is 3.32. The highest BCUT2D eigenvalue weighted by Gasteiger charge is 2.27. The Balaban J connectivity index is 1.76. The Morgan fingerprint density at radius 2 is 1.97 bits per heavy atom. The van der Waals surface area contributed by atoms with Crippen LogP contribution >= 0.6 is 0 Å². The average Bonchev–Trinajstić information content (AvgIpc) is 3.18. The summed E-state index contributed by atoms with van der Waals surface area (Å²) >= 11 is 0. The number of carbonyl (C=O) groups excluding carboxylic acids is 1. The highest BCUT2D eigenvalue weighted by molar-refractivity contribution is 6.00. The van der Waals surface area contributed by atoms with Crippen molar-refractivity contribution in [2.45, 2.75) is 52.5 Å². The maximum atomic E-state index is 13.9. The van der Waals surface area contributed by atoms with Gasteiger partial charge in [0.1, 0.15) is 11.5 Å². The Kier molecular flexibility index (Phi) is 6.90. The van der Waals surface area contributed by atoms with Crippen molar-refractivity contribution in [3.8, 4) is 11.5 Å². The molecule has 1 amide bonds. The van der Waals surface area contributed by atoms with Crippen molar-refractivity contribution in [1.29, 1.82) is 0 Å². The lowest BCUT2D eigenvalue weighted by molar-refractivity contribution is 0.0123. The fraction of sp³-hybridized carbons (Fsp3) is 0.409. The van der Waals surface area contributed by atoms with Crippen molar-refractivity contribution < 1.29 is 22.4 Å². The molecular weight excluding hydrogens is 423 g/mol. The predicted octanol–water partition coefficient (Wildman–Crippen LogP) is 4.57. The van der Waals surface area contributed by atoms with Gasteiger partial charge in [0.05, 0.1) is 23.0 Å². The van der Waals surface area contributed by atoms with Crippen LogP contribution in [0.15, 0.2) is 35.0 Å². The van der Waals surface area contributed by atoms with Gasteiger partial charge >= 0.3 is 0 Å². The minimum atomic E-state index is -3.05. The molecule has 0 saturated heterocycles. The third-order valence-corrected chi connectivity index (χ3v) is 5.08. The molecule has 170 valence electrons. The Hall–Kier alpha value is -3.30. The van der Waals surface area contributed by atoms with Crippen LogP contribution in [0.25, 0.3) is 11.5 Å². The molecule has 0 fully saturated rings. The number of nitrogens with zero attached hydrogens (tertiary/aromatic N) is 5. The molecule has 10 heteroatoms. The second-order valence-electron chi connectivity index (χ2n) is 7.58. The molecule has 0 spiro atoms. The molecule has 0 N–H and O–H groups in total. The van der Waals surface area contributed by atoms with E-state index in [1.807, 2.05) is 13.8 Å². The van der Waals surface area contributed by atoms with Crippen LogP contribution < -0.4 is 0 Å². The first kappa shape index (κ1) is 23.4. The smallest absolute Gasteiger partial charge is 0.288 e. The molecule has 0 aliphatic carbocycles. The van der Waals surface area contributed by atoms with Gasteiger partial charge in [0.25, 0.3) is 11.8 Å². The van der Waals surface area contributed by atoms with Gasteiger partial charge in [-0.2, -0.15) is 8.78 Å².